The number of carbonyl (C=O) groups excluding carboxylic acids is 2. The third-order valence-corrected chi connectivity index (χ3v) is 6.63. The molecule has 0 radical (unpaired) electrons. The van der Waals surface area contributed by atoms with Gasteiger partial charge in [0.15, 0.2) is 0 Å². The van der Waals surface area contributed by atoms with Gasteiger partial charge in [-0.2, -0.15) is 0 Å². The molecule has 2 N–H and O–H groups in total. The molecule has 0 atom stereocenters. The zero-order chi connectivity index (χ0) is 24.4. The Hall–Kier alpha value is -3.78. The molecule has 0 unspecified atom stereocenters. The molecule has 0 spiro atoms. The molecule has 2 heterocycles. The minimum Gasteiger partial charge on any atom is -0.345 e. The summed E-state index contributed by atoms with van der Waals surface area (Å²) in [6, 6.07) is 13.7. The van der Waals surface area contributed by atoms with Gasteiger partial charge in [0, 0.05) is 16.1 Å². The van der Waals surface area contributed by atoms with Crippen molar-refractivity contribution in [1.29, 1.82) is 0 Å². The van der Waals surface area contributed by atoms with Gasteiger partial charge in [0.1, 0.15) is 11.4 Å². The monoisotopic (exact) mass is 474 g/mol. The van der Waals surface area contributed by atoms with Gasteiger partial charge in [0.25, 0.3) is 5.56 Å². The summed E-state index contributed by atoms with van der Waals surface area (Å²) in [5.74, 6) is -0.770. The summed E-state index contributed by atoms with van der Waals surface area (Å²) in [7, 11) is 0. The molecule has 0 bridgehead atoms. The quantitative estimate of drug-likeness (QED) is 0.440. The lowest BCUT2D eigenvalue weighted by atomic mass is 10.0. The maximum atomic E-state index is 13.2. The number of aromatic nitrogens is 2. The Balaban J connectivity index is 1.48. The molecular weight excluding hydrogens is 448 g/mol. The standard InChI is InChI=1S/C26H26N4O3S/c1-15-10-16(2)24(17(3)11-15)29-20(31)12-27-21(32)13-30-14-28-25-23(26(30)33)22(18(4)34-25)19-8-6-5-7-9-19/h5-11,14H,12-13H2,1-4H3,(H,27,32)(H,29,31). The second kappa shape index (κ2) is 9.61. The first kappa shape index (κ1) is 23.4. The first-order valence-electron chi connectivity index (χ1n) is 10.9. The molecule has 4 aromatic rings. The summed E-state index contributed by atoms with van der Waals surface area (Å²) >= 11 is 1.46. The summed E-state index contributed by atoms with van der Waals surface area (Å²) in [5.41, 5.74) is 5.29. The Morgan fingerprint density at radius 1 is 1.00 bits per heavy atom. The second-order valence-corrected chi connectivity index (χ2v) is 9.56. The Bertz CT molecular complexity index is 1430. The van der Waals surface area contributed by atoms with Crippen LogP contribution in [0, 0.1) is 27.7 Å². The van der Waals surface area contributed by atoms with E-state index in [4.69, 9.17) is 0 Å². The fraction of sp³-hybridized carbons (Fsp3) is 0.231. The summed E-state index contributed by atoms with van der Waals surface area (Å²) in [5, 5.41) is 5.95. The van der Waals surface area contributed by atoms with E-state index >= 15 is 0 Å². The van der Waals surface area contributed by atoms with Crippen LogP contribution in [0.25, 0.3) is 21.3 Å². The van der Waals surface area contributed by atoms with E-state index in [1.807, 2.05) is 70.2 Å². The lowest BCUT2D eigenvalue weighted by molar-refractivity contribution is -0.124. The van der Waals surface area contributed by atoms with E-state index in [0.717, 1.165) is 38.4 Å². The molecule has 0 aliphatic rings. The van der Waals surface area contributed by atoms with Crippen LogP contribution in [0.3, 0.4) is 0 Å². The lowest BCUT2D eigenvalue weighted by Gasteiger charge is -2.13. The van der Waals surface area contributed by atoms with Gasteiger partial charge in [0.2, 0.25) is 11.8 Å². The van der Waals surface area contributed by atoms with Gasteiger partial charge in [-0.3, -0.25) is 19.0 Å². The average molecular weight is 475 g/mol. The highest BCUT2D eigenvalue weighted by Crippen LogP contribution is 2.35. The van der Waals surface area contributed by atoms with E-state index in [9.17, 15) is 14.4 Å². The molecule has 2 aromatic heterocycles. The number of carbonyl (C=O) groups is 2. The maximum absolute atomic E-state index is 13.2. The predicted octanol–water partition coefficient (Wildman–Crippen LogP) is 4.11. The topological polar surface area (TPSA) is 93.1 Å². The fourth-order valence-corrected chi connectivity index (χ4v) is 5.16. The van der Waals surface area contributed by atoms with E-state index in [2.05, 4.69) is 15.6 Å². The highest BCUT2D eigenvalue weighted by molar-refractivity contribution is 7.19. The number of nitrogens with zero attached hydrogens (tertiary/aromatic N) is 2. The molecule has 34 heavy (non-hydrogen) atoms. The first-order valence-corrected chi connectivity index (χ1v) is 11.7. The average Bonchev–Trinajstić information content (AvgIpc) is 3.14. The molecule has 4 rings (SSSR count). The molecule has 2 aromatic carbocycles. The van der Waals surface area contributed by atoms with Gasteiger partial charge < -0.3 is 10.6 Å². The Morgan fingerprint density at radius 2 is 1.68 bits per heavy atom. The first-order chi connectivity index (χ1) is 16.2. The molecule has 0 fully saturated rings. The number of rotatable bonds is 6. The van der Waals surface area contributed by atoms with Gasteiger partial charge in [0.05, 0.1) is 18.3 Å². The van der Waals surface area contributed by atoms with Gasteiger partial charge >= 0.3 is 0 Å². The van der Waals surface area contributed by atoms with Crippen LogP contribution in [-0.4, -0.2) is 27.9 Å². The summed E-state index contributed by atoms with van der Waals surface area (Å²) in [4.78, 5) is 44.2. The number of aryl methyl sites for hydroxylation is 4. The van der Waals surface area contributed by atoms with Gasteiger partial charge in [-0.15, -0.1) is 11.3 Å². The van der Waals surface area contributed by atoms with Crippen LogP contribution in [0.4, 0.5) is 5.69 Å². The van der Waals surface area contributed by atoms with Gasteiger partial charge in [-0.25, -0.2) is 4.98 Å². The van der Waals surface area contributed by atoms with Crippen LogP contribution in [0.5, 0.6) is 0 Å². The number of amides is 2. The SMILES string of the molecule is Cc1cc(C)c(NC(=O)CNC(=O)Cn2cnc3sc(C)c(-c4ccccc4)c3c2=O)c(C)c1. The Morgan fingerprint density at radius 3 is 2.35 bits per heavy atom. The van der Waals surface area contributed by atoms with Gasteiger partial charge in [-0.05, 0) is 44.4 Å². The number of anilines is 1. The van der Waals surface area contributed by atoms with E-state index in [1.54, 1.807) is 0 Å². The molecule has 2 amide bonds. The van der Waals surface area contributed by atoms with Crippen molar-refractivity contribution in [1.82, 2.24) is 14.9 Å². The fourth-order valence-electron chi connectivity index (χ4n) is 4.15. The number of hydrogen-bond acceptors (Lipinski definition) is 5. The highest BCUT2D eigenvalue weighted by atomic mass is 32.1. The molecule has 0 aliphatic carbocycles. The molecule has 0 saturated heterocycles. The zero-order valence-corrected chi connectivity index (χ0v) is 20.4. The minimum atomic E-state index is -0.441. The van der Waals surface area contributed by atoms with Crippen LogP contribution in [-0.2, 0) is 16.1 Å². The Kier molecular flexibility index (Phi) is 6.61. The molecule has 0 saturated carbocycles. The number of hydrogen-bond donors (Lipinski definition) is 2. The van der Waals surface area contributed by atoms with Gasteiger partial charge in [-0.1, -0.05) is 48.0 Å². The summed E-state index contributed by atoms with van der Waals surface area (Å²) < 4.78 is 1.28. The normalized spacial score (nSPS) is 10.9. The van der Waals surface area contributed by atoms with Crippen molar-refractivity contribution in [2.45, 2.75) is 34.2 Å². The third-order valence-electron chi connectivity index (χ3n) is 5.62. The van der Waals surface area contributed by atoms with Crippen LogP contribution >= 0.6 is 11.3 Å². The molecule has 8 heteroatoms. The second-order valence-electron chi connectivity index (χ2n) is 8.36. The van der Waals surface area contributed by atoms with Crippen molar-refractivity contribution in [3.63, 3.8) is 0 Å². The van der Waals surface area contributed by atoms with Crippen molar-refractivity contribution in [2.75, 3.05) is 11.9 Å². The summed E-state index contributed by atoms with van der Waals surface area (Å²) in [6.45, 7) is 7.41. The summed E-state index contributed by atoms with van der Waals surface area (Å²) in [6.07, 6.45) is 1.38. The number of nitrogens with one attached hydrogen (secondary N) is 2. The highest BCUT2D eigenvalue weighted by Gasteiger charge is 2.18. The Labute approximate surface area is 201 Å². The molecule has 7 nitrogen and oxygen atoms in total. The minimum absolute atomic E-state index is 0.192. The molecule has 174 valence electrons. The van der Waals surface area contributed by atoms with Crippen LogP contribution in [0.2, 0.25) is 0 Å². The van der Waals surface area contributed by atoms with Crippen molar-refractivity contribution >= 4 is 39.1 Å². The third kappa shape index (κ3) is 4.77. The van der Waals surface area contributed by atoms with E-state index in [1.165, 1.54) is 22.2 Å². The van der Waals surface area contributed by atoms with Crippen LogP contribution in [0.1, 0.15) is 21.6 Å². The van der Waals surface area contributed by atoms with Crippen LogP contribution in [0.15, 0.2) is 53.6 Å². The van der Waals surface area contributed by atoms with Crippen LogP contribution < -0.4 is 16.2 Å². The number of benzene rings is 2. The van der Waals surface area contributed by atoms with E-state index < -0.39 is 5.91 Å². The zero-order valence-electron chi connectivity index (χ0n) is 19.6. The molecule has 0 aliphatic heterocycles. The predicted molar refractivity (Wildman–Crippen MR) is 136 cm³/mol. The van der Waals surface area contributed by atoms with E-state index in [-0.39, 0.29) is 24.6 Å². The van der Waals surface area contributed by atoms with Crippen molar-refractivity contribution in [2.24, 2.45) is 0 Å². The smallest absolute Gasteiger partial charge is 0.263 e. The van der Waals surface area contributed by atoms with Crippen molar-refractivity contribution in [3.05, 3.63) is 80.7 Å². The van der Waals surface area contributed by atoms with Crippen molar-refractivity contribution < 1.29 is 9.59 Å². The van der Waals surface area contributed by atoms with Crippen molar-refractivity contribution in [3.8, 4) is 11.1 Å². The number of fused-ring (bicyclic) bond motifs is 1. The largest absolute Gasteiger partial charge is 0.345 e. The molecular formula is C26H26N4O3S. The lowest BCUT2D eigenvalue weighted by Crippen LogP contribution is -2.37. The maximum Gasteiger partial charge on any atom is 0.263 e. The van der Waals surface area contributed by atoms with E-state index in [0.29, 0.717) is 10.2 Å². The number of thiophene rings is 1.